The van der Waals surface area contributed by atoms with Gasteiger partial charge in [-0.2, -0.15) is 0 Å². The van der Waals surface area contributed by atoms with Gasteiger partial charge in [-0.15, -0.1) is 0 Å². The van der Waals surface area contributed by atoms with Crippen molar-refractivity contribution in [3.8, 4) is 0 Å². The fourth-order valence-electron chi connectivity index (χ4n) is 1.31. The van der Waals surface area contributed by atoms with Crippen LogP contribution in [0, 0.1) is 0 Å². The van der Waals surface area contributed by atoms with Gasteiger partial charge in [0.15, 0.2) is 0 Å². The maximum atomic E-state index is 5.57. The van der Waals surface area contributed by atoms with E-state index in [1.54, 1.807) is 7.11 Å². The molecule has 0 radical (unpaired) electrons. The minimum Gasteiger partial charge on any atom is -0.379 e. The van der Waals surface area contributed by atoms with Gasteiger partial charge in [0.05, 0.1) is 5.60 Å². The number of ether oxygens (including phenoxy) is 1. The maximum Gasteiger partial charge on any atom is 0.0634 e. The highest BCUT2D eigenvalue weighted by Gasteiger charge is 2.18. The smallest absolute Gasteiger partial charge is 0.0634 e. The number of nitrogens with zero attached hydrogens (tertiary/aromatic N) is 1. The molecule has 0 aromatic rings. The lowest BCUT2D eigenvalue weighted by Crippen LogP contribution is -2.39. The van der Waals surface area contributed by atoms with Crippen LogP contribution in [-0.2, 0) is 4.74 Å². The average Bonchev–Trinajstić information content (AvgIpc) is 2.12. The van der Waals surface area contributed by atoms with Gasteiger partial charge >= 0.3 is 0 Å². The quantitative estimate of drug-likeness (QED) is 0.679. The summed E-state index contributed by atoms with van der Waals surface area (Å²) < 4.78 is 5.39. The molecule has 14 heavy (non-hydrogen) atoms. The Morgan fingerprint density at radius 2 is 1.86 bits per heavy atom. The first-order chi connectivity index (χ1) is 6.43. The zero-order valence-corrected chi connectivity index (χ0v) is 10.3. The summed E-state index contributed by atoms with van der Waals surface area (Å²) in [6, 6.07) is 0.561. The lowest BCUT2D eigenvalue weighted by molar-refractivity contribution is 0.00537. The zero-order chi connectivity index (χ0) is 11.2. The molecule has 0 spiro atoms. The molecule has 0 rings (SSSR count). The molecular formula is C11H26N2O. The van der Waals surface area contributed by atoms with Crippen LogP contribution in [0.15, 0.2) is 0 Å². The minimum atomic E-state index is -0.0261. The van der Waals surface area contributed by atoms with E-state index in [1.165, 1.54) is 0 Å². The molecule has 0 aliphatic carbocycles. The van der Waals surface area contributed by atoms with E-state index in [0.717, 1.165) is 26.1 Å². The Morgan fingerprint density at radius 3 is 2.21 bits per heavy atom. The highest BCUT2D eigenvalue weighted by molar-refractivity contribution is 4.72. The van der Waals surface area contributed by atoms with Gasteiger partial charge in [-0.25, -0.2) is 0 Å². The summed E-state index contributed by atoms with van der Waals surface area (Å²) in [5, 5.41) is 0. The number of methoxy groups -OCH3 is 1. The molecule has 0 unspecified atom stereocenters. The second-order valence-corrected chi connectivity index (χ2v) is 4.63. The summed E-state index contributed by atoms with van der Waals surface area (Å²) in [7, 11) is 1.77. The molecule has 0 fully saturated rings. The Bertz CT molecular complexity index is 146. The van der Waals surface area contributed by atoms with Crippen molar-refractivity contribution in [1.29, 1.82) is 0 Å². The standard InChI is InChI=1S/C11H26N2O/c1-10(2)13(9-7-12)8-6-11(3,4)14-5/h10H,6-9,12H2,1-5H3. The molecule has 0 saturated carbocycles. The van der Waals surface area contributed by atoms with Gasteiger partial charge in [-0.3, -0.25) is 4.90 Å². The molecule has 0 aromatic heterocycles. The van der Waals surface area contributed by atoms with E-state index >= 15 is 0 Å². The number of nitrogens with two attached hydrogens (primary N) is 1. The summed E-state index contributed by atoms with van der Waals surface area (Å²) in [6.07, 6.45) is 1.04. The van der Waals surface area contributed by atoms with Gasteiger partial charge in [0.1, 0.15) is 0 Å². The lowest BCUT2D eigenvalue weighted by Gasteiger charge is -2.30. The molecule has 2 N–H and O–H groups in total. The van der Waals surface area contributed by atoms with Crippen molar-refractivity contribution >= 4 is 0 Å². The van der Waals surface area contributed by atoms with Crippen LogP contribution >= 0.6 is 0 Å². The van der Waals surface area contributed by atoms with Crippen LogP contribution in [0.1, 0.15) is 34.1 Å². The molecular weight excluding hydrogens is 176 g/mol. The van der Waals surface area contributed by atoms with Crippen molar-refractivity contribution < 1.29 is 4.74 Å². The third kappa shape index (κ3) is 5.58. The number of hydrogen-bond acceptors (Lipinski definition) is 3. The van der Waals surface area contributed by atoms with E-state index in [2.05, 4.69) is 32.6 Å². The molecule has 3 heteroatoms. The van der Waals surface area contributed by atoms with E-state index in [4.69, 9.17) is 10.5 Å². The van der Waals surface area contributed by atoms with Crippen LogP contribution in [0.5, 0.6) is 0 Å². The summed E-state index contributed by atoms with van der Waals surface area (Å²) in [5.74, 6) is 0. The average molecular weight is 202 g/mol. The van der Waals surface area contributed by atoms with Crippen molar-refractivity contribution in [2.24, 2.45) is 5.73 Å². The molecule has 86 valence electrons. The molecule has 0 amide bonds. The molecule has 0 aromatic carbocycles. The van der Waals surface area contributed by atoms with Crippen LogP contribution in [0.4, 0.5) is 0 Å². The van der Waals surface area contributed by atoms with Gasteiger partial charge in [0.2, 0.25) is 0 Å². The van der Waals surface area contributed by atoms with Gasteiger partial charge in [0, 0.05) is 32.8 Å². The molecule has 0 saturated heterocycles. The van der Waals surface area contributed by atoms with Gasteiger partial charge < -0.3 is 10.5 Å². The highest BCUT2D eigenvalue weighted by Crippen LogP contribution is 2.14. The Balaban J connectivity index is 3.93. The second kappa shape index (κ2) is 6.38. The summed E-state index contributed by atoms with van der Waals surface area (Å²) in [4.78, 5) is 2.39. The summed E-state index contributed by atoms with van der Waals surface area (Å²) in [6.45, 7) is 11.4. The predicted molar refractivity (Wildman–Crippen MR) is 61.5 cm³/mol. The van der Waals surface area contributed by atoms with E-state index in [1.807, 2.05) is 0 Å². The molecule has 0 aliphatic heterocycles. The molecule has 0 bridgehead atoms. The van der Waals surface area contributed by atoms with E-state index in [0.29, 0.717) is 6.04 Å². The zero-order valence-electron chi connectivity index (χ0n) is 10.3. The predicted octanol–water partition coefficient (Wildman–Crippen LogP) is 1.47. The number of hydrogen-bond donors (Lipinski definition) is 1. The fourth-order valence-corrected chi connectivity index (χ4v) is 1.31. The van der Waals surface area contributed by atoms with E-state index < -0.39 is 0 Å². The van der Waals surface area contributed by atoms with Crippen LogP contribution < -0.4 is 5.73 Å². The fraction of sp³-hybridized carbons (Fsp3) is 1.00. The Labute approximate surface area is 88.6 Å². The lowest BCUT2D eigenvalue weighted by atomic mass is 10.0. The van der Waals surface area contributed by atoms with E-state index in [9.17, 15) is 0 Å². The largest absolute Gasteiger partial charge is 0.379 e. The van der Waals surface area contributed by atoms with Crippen LogP contribution in [0.25, 0.3) is 0 Å². The van der Waals surface area contributed by atoms with Crippen LogP contribution in [-0.4, -0.2) is 43.3 Å². The SMILES string of the molecule is COC(C)(C)CCN(CCN)C(C)C. The molecule has 0 aliphatic rings. The van der Waals surface area contributed by atoms with Gasteiger partial charge in [-0.05, 0) is 34.1 Å². The van der Waals surface area contributed by atoms with Crippen LogP contribution in [0.2, 0.25) is 0 Å². The maximum absolute atomic E-state index is 5.57. The van der Waals surface area contributed by atoms with Crippen molar-refractivity contribution in [3.05, 3.63) is 0 Å². The van der Waals surface area contributed by atoms with Crippen molar-refractivity contribution in [1.82, 2.24) is 4.90 Å². The van der Waals surface area contributed by atoms with Gasteiger partial charge in [-0.1, -0.05) is 0 Å². The minimum absolute atomic E-state index is 0.0261. The van der Waals surface area contributed by atoms with Crippen molar-refractivity contribution in [2.75, 3.05) is 26.7 Å². The van der Waals surface area contributed by atoms with Gasteiger partial charge in [0.25, 0.3) is 0 Å². The summed E-state index contributed by atoms with van der Waals surface area (Å²) >= 11 is 0. The van der Waals surface area contributed by atoms with E-state index in [-0.39, 0.29) is 5.60 Å². The van der Waals surface area contributed by atoms with Crippen molar-refractivity contribution in [3.63, 3.8) is 0 Å². The highest BCUT2D eigenvalue weighted by atomic mass is 16.5. The monoisotopic (exact) mass is 202 g/mol. The second-order valence-electron chi connectivity index (χ2n) is 4.63. The molecule has 0 heterocycles. The number of rotatable bonds is 7. The third-order valence-corrected chi connectivity index (χ3v) is 2.70. The first kappa shape index (κ1) is 13.9. The molecule has 0 atom stereocenters. The Morgan fingerprint density at radius 1 is 1.29 bits per heavy atom. The van der Waals surface area contributed by atoms with Crippen molar-refractivity contribution in [2.45, 2.75) is 45.8 Å². The Hall–Kier alpha value is -0.120. The Kier molecular flexibility index (Phi) is 6.33. The normalized spacial score (nSPS) is 12.9. The first-order valence-electron chi connectivity index (χ1n) is 5.42. The topological polar surface area (TPSA) is 38.5 Å². The first-order valence-corrected chi connectivity index (χ1v) is 5.42. The van der Waals surface area contributed by atoms with Crippen LogP contribution in [0.3, 0.4) is 0 Å². The molecule has 3 nitrogen and oxygen atoms in total. The summed E-state index contributed by atoms with van der Waals surface area (Å²) in [5.41, 5.74) is 5.54. The third-order valence-electron chi connectivity index (χ3n) is 2.70.